The van der Waals surface area contributed by atoms with Gasteiger partial charge in [-0.25, -0.2) is 0 Å². The minimum Gasteiger partial charge on any atom is -0.481 e. The molecule has 0 fully saturated rings. The van der Waals surface area contributed by atoms with Crippen molar-refractivity contribution in [2.24, 2.45) is 5.73 Å². The van der Waals surface area contributed by atoms with Gasteiger partial charge in [0, 0.05) is 28.6 Å². The number of nitrogens with two attached hydrogens (primary N) is 1. The summed E-state index contributed by atoms with van der Waals surface area (Å²) >= 11 is 6.05. The van der Waals surface area contributed by atoms with Gasteiger partial charge < -0.3 is 15.6 Å². The molecular formula is C16H14ClNO3. The van der Waals surface area contributed by atoms with Gasteiger partial charge in [0.1, 0.15) is 11.5 Å². The Morgan fingerprint density at radius 2 is 1.90 bits per heavy atom. The molecule has 0 bridgehead atoms. The van der Waals surface area contributed by atoms with Crippen LogP contribution in [0.1, 0.15) is 23.0 Å². The van der Waals surface area contributed by atoms with E-state index in [9.17, 15) is 9.90 Å². The number of halogens is 1. The second kappa shape index (κ2) is 5.39. The summed E-state index contributed by atoms with van der Waals surface area (Å²) in [7, 11) is 0. The van der Waals surface area contributed by atoms with E-state index in [2.05, 4.69) is 0 Å². The first-order chi connectivity index (χ1) is 10.1. The monoisotopic (exact) mass is 303 g/mol. The van der Waals surface area contributed by atoms with Crippen molar-refractivity contribution in [2.75, 3.05) is 6.54 Å². The van der Waals surface area contributed by atoms with E-state index in [0.717, 1.165) is 5.56 Å². The highest BCUT2D eigenvalue weighted by molar-refractivity contribution is 6.30. The molecule has 2 aromatic carbocycles. The second-order valence-corrected chi connectivity index (χ2v) is 5.42. The molecule has 0 amide bonds. The van der Waals surface area contributed by atoms with Crippen molar-refractivity contribution in [1.82, 2.24) is 0 Å². The van der Waals surface area contributed by atoms with Crippen molar-refractivity contribution in [1.29, 1.82) is 0 Å². The predicted molar refractivity (Wildman–Crippen MR) is 80.1 cm³/mol. The molecule has 0 saturated carbocycles. The Labute approximate surface area is 127 Å². The number of hydrogen-bond acceptors (Lipinski definition) is 3. The average molecular weight is 304 g/mol. The van der Waals surface area contributed by atoms with Crippen LogP contribution in [0.2, 0.25) is 5.02 Å². The zero-order chi connectivity index (χ0) is 15.0. The Morgan fingerprint density at radius 1 is 1.19 bits per heavy atom. The minimum absolute atomic E-state index is 0.196. The number of aliphatic carboxylic acids is 1. The smallest absolute Gasteiger partial charge is 0.311 e. The zero-order valence-electron chi connectivity index (χ0n) is 11.1. The van der Waals surface area contributed by atoms with Crippen LogP contribution in [-0.4, -0.2) is 17.6 Å². The summed E-state index contributed by atoms with van der Waals surface area (Å²) in [6.07, 6.45) is 0. The van der Waals surface area contributed by atoms with Crippen molar-refractivity contribution in [3.05, 3.63) is 58.6 Å². The quantitative estimate of drug-likeness (QED) is 0.892. The van der Waals surface area contributed by atoms with Crippen LogP contribution in [0.3, 0.4) is 0 Å². The first-order valence-corrected chi connectivity index (χ1v) is 6.98. The molecule has 0 saturated heterocycles. The lowest BCUT2D eigenvalue weighted by Gasteiger charge is -2.21. The Morgan fingerprint density at radius 3 is 2.62 bits per heavy atom. The molecular weight excluding hydrogens is 290 g/mol. The maximum atomic E-state index is 11.8. The van der Waals surface area contributed by atoms with E-state index in [1.54, 1.807) is 36.4 Å². The highest BCUT2D eigenvalue weighted by Gasteiger charge is 2.36. The van der Waals surface area contributed by atoms with Crippen molar-refractivity contribution < 1.29 is 14.6 Å². The van der Waals surface area contributed by atoms with E-state index in [-0.39, 0.29) is 12.5 Å². The van der Waals surface area contributed by atoms with Crippen molar-refractivity contribution >= 4 is 17.6 Å². The van der Waals surface area contributed by atoms with E-state index in [1.165, 1.54) is 0 Å². The van der Waals surface area contributed by atoms with Crippen molar-refractivity contribution in [2.45, 2.75) is 11.8 Å². The number of fused-ring (bicyclic) bond motifs is 2. The fourth-order valence-electron chi connectivity index (χ4n) is 2.82. The van der Waals surface area contributed by atoms with Gasteiger partial charge in [-0.3, -0.25) is 4.79 Å². The Balaban J connectivity index is 2.26. The lowest BCUT2D eigenvalue weighted by molar-refractivity contribution is -0.139. The summed E-state index contributed by atoms with van der Waals surface area (Å²) in [5.74, 6) is -0.921. The van der Waals surface area contributed by atoms with Crippen LogP contribution in [0.5, 0.6) is 11.5 Å². The number of carbonyl (C=O) groups is 1. The summed E-state index contributed by atoms with van der Waals surface area (Å²) in [5.41, 5.74) is 7.22. The number of benzene rings is 2. The average Bonchev–Trinajstić information content (AvgIpc) is 2.60. The fourth-order valence-corrected chi connectivity index (χ4v) is 3.00. The number of carboxylic acids is 1. The molecule has 1 heterocycles. The van der Waals surface area contributed by atoms with Crippen LogP contribution in [0.4, 0.5) is 0 Å². The van der Waals surface area contributed by atoms with Crippen LogP contribution in [-0.2, 0) is 4.79 Å². The van der Waals surface area contributed by atoms with Gasteiger partial charge in [-0.1, -0.05) is 29.8 Å². The third kappa shape index (κ3) is 2.37. The van der Waals surface area contributed by atoms with Crippen LogP contribution >= 0.6 is 11.6 Å². The number of hydrogen-bond donors (Lipinski definition) is 2. The summed E-state index contributed by atoms with van der Waals surface area (Å²) < 4.78 is 5.89. The third-order valence-corrected chi connectivity index (χ3v) is 4.00. The van der Waals surface area contributed by atoms with E-state index >= 15 is 0 Å². The number of rotatable bonds is 2. The maximum Gasteiger partial charge on any atom is 0.311 e. The second-order valence-electron chi connectivity index (χ2n) is 4.98. The van der Waals surface area contributed by atoms with Crippen molar-refractivity contribution in [3.63, 3.8) is 0 Å². The molecule has 1 aliphatic heterocycles. The fraction of sp³-hybridized carbons (Fsp3) is 0.188. The maximum absolute atomic E-state index is 11.8. The topological polar surface area (TPSA) is 72.5 Å². The molecule has 4 nitrogen and oxygen atoms in total. The standard InChI is InChI=1S/C16H14ClNO3/c17-9-5-6-14-11(7-9)12(8-18)15(16(19)20)10-3-1-2-4-13(10)21-14/h1-7,12,15H,8,18H2,(H,19,20)/t12-,15-/m1/s1. The summed E-state index contributed by atoms with van der Waals surface area (Å²) in [6.45, 7) is 0.196. The molecule has 2 atom stereocenters. The number of para-hydroxylation sites is 1. The van der Waals surface area contributed by atoms with Gasteiger partial charge in [0.25, 0.3) is 0 Å². The lowest BCUT2D eigenvalue weighted by Crippen LogP contribution is -2.25. The molecule has 0 aromatic heterocycles. The molecule has 1 aliphatic rings. The minimum atomic E-state index is -0.922. The molecule has 0 unspecified atom stereocenters. The van der Waals surface area contributed by atoms with Crippen LogP contribution < -0.4 is 10.5 Å². The van der Waals surface area contributed by atoms with E-state index in [4.69, 9.17) is 22.1 Å². The Bertz CT molecular complexity index is 702. The first kappa shape index (κ1) is 13.9. The summed E-state index contributed by atoms with van der Waals surface area (Å²) in [4.78, 5) is 11.8. The predicted octanol–water partition coefficient (Wildman–Crippen LogP) is 3.36. The lowest BCUT2D eigenvalue weighted by atomic mass is 9.81. The molecule has 0 radical (unpaired) electrons. The van der Waals surface area contributed by atoms with Gasteiger partial charge in [0.05, 0.1) is 5.92 Å². The van der Waals surface area contributed by atoms with Gasteiger partial charge in [-0.15, -0.1) is 0 Å². The van der Waals surface area contributed by atoms with Gasteiger partial charge in [-0.05, 0) is 24.3 Å². The number of ether oxygens (including phenoxy) is 1. The van der Waals surface area contributed by atoms with Gasteiger partial charge in [0.2, 0.25) is 0 Å². The molecule has 21 heavy (non-hydrogen) atoms. The number of carboxylic acid groups (broad SMARTS) is 1. The van der Waals surface area contributed by atoms with Crippen molar-refractivity contribution in [3.8, 4) is 11.5 Å². The molecule has 3 N–H and O–H groups in total. The van der Waals surface area contributed by atoms with E-state index in [0.29, 0.717) is 22.1 Å². The third-order valence-electron chi connectivity index (χ3n) is 3.77. The van der Waals surface area contributed by atoms with Crippen LogP contribution in [0.25, 0.3) is 0 Å². The van der Waals surface area contributed by atoms with Crippen LogP contribution in [0, 0.1) is 0 Å². The first-order valence-electron chi connectivity index (χ1n) is 6.61. The SMILES string of the molecule is NC[C@@H]1c2cc(Cl)ccc2Oc2ccccc2[C@H]1C(=O)O. The Hall–Kier alpha value is -2.04. The van der Waals surface area contributed by atoms with Gasteiger partial charge in [0.15, 0.2) is 0 Å². The Kier molecular flexibility index (Phi) is 3.57. The molecule has 0 aliphatic carbocycles. The molecule has 3 rings (SSSR count). The van der Waals surface area contributed by atoms with Gasteiger partial charge >= 0.3 is 5.97 Å². The summed E-state index contributed by atoms with van der Waals surface area (Å²) in [6, 6.07) is 12.4. The molecule has 5 heteroatoms. The normalized spacial score (nSPS) is 19.9. The zero-order valence-corrected chi connectivity index (χ0v) is 11.9. The highest BCUT2D eigenvalue weighted by atomic mass is 35.5. The molecule has 2 aromatic rings. The van der Waals surface area contributed by atoms with E-state index < -0.39 is 11.9 Å². The van der Waals surface area contributed by atoms with E-state index in [1.807, 2.05) is 6.07 Å². The van der Waals surface area contributed by atoms with Crippen LogP contribution in [0.15, 0.2) is 42.5 Å². The molecule has 0 spiro atoms. The van der Waals surface area contributed by atoms with Gasteiger partial charge in [-0.2, -0.15) is 0 Å². The summed E-state index contributed by atoms with van der Waals surface area (Å²) in [5, 5.41) is 10.2. The highest BCUT2D eigenvalue weighted by Crippen LogP contribution is 2.46. The molecule has 108 valence electrons. The largest absolute Gasteiger partial charge is 0.481 e.